The lowest BCUT2D eigenvalue weighted by atomic mass is 10.1. The van der Waals surface area contributed by atoms with Gasteiger partial charge in [-0.25, -0.2) is 0 Å². The van der Waals surface area contributed by atoms with Crippen molar-refractivity contribution in [3.8, 4) is 0 Å². The fourth-order valence-corrected chi connectivity index (χ4v) is 2.06. The van der Waals surface area contributed by atoms with E-state index < -0.39 is 0 Å². The Morgan fingerprint density at radius 2 is 2.50 bits per heavy atom. The van der Waals surface area contributed by atoms with E-state index in [9.17, 15) is 4.79 Å². The van der Waals surface area contributed by atoms with E-state index in [2.05, 4.69) is 17.0 Å². The molecule has 1 aromatic rings. The number of carbonyl (C=O) groups is 1. The highest BCUT2D eigenvalue weighted by Crippen LogP contribution is 2.20. The average Bonchev–Trinajstić information content (AvgIpc) is 2.65. The van der Waals surface area contributed by atoms with Gasteiger partial charge in [0.25, 0.3) is 0 Å². The van der Waals surface area contributed by atoms with E-state index in [0.717, 1.165) is 25.8 Å². The standard InChI is InChI=1S/C10H15N3O/c1-12-6-2-3-9(7-12)13-10(8-14)4-5-11-13/h4-5,8-9H,2-3,6-7H2,1H3. The first-order valence-electron chi connectivity index (χ1n) is 4.98. The number of likely N-dealkylation sites (N-methyl/N-ethyl adjacent to an activating group) is 1. The zero-order chi connectivity index (χ0) is 9.97. The maximum Gasteiger partial charge on any atom is 0.168 e. The maximum absolute atomic E-state index is 10.7. The summed E-state index contributed by atoms with van der Waals surface area (Å²) in [4.78, 5) is 13.0. The molecule has 4 heteroatoms. The normalized spacial score (nSPS) is 23.6. The van der Waals surface area contributed by atoms with Gasteiger partial charge in [-0.05, 0) is 32.5 Å². The Labute approximate surface area is 83.5 Å². The highest BCUT2D eigenvalue weighted by Gasteiger charge is 2.20. The lowest BCUT2D eigenvalue weighted by Crippen LogP contribution is -2.34. The monoisotopic (exact) mass is 193 g/mol. The molecule has 0 amide bonds. The molecule has 0 aromatic carbocycles. The van der Waals surface area contributed by atoms with Crippen molar-refractivity contribution in [2.75, 3.05) is 20.1 Å². The number of hydrogen-bond donors (Lipinski definition) is 0. The Hall–Kier alpha value is -1.16. The second-order valence-electron chi connectivity index (χ2n) is 3.88. The molecule has 1 atom stereocenters. The van der Waals surface area contributed by atoms with Gasteiger partial charge in [0.1, 0.15) is 5.69 Å². The summed E-state index contributed by atoms with van der Waals surface area (Å²) in [5.41, 5.74) is 0.685. The molecule has 0 spiro atoms. The number of aldehydes is 1. The van der Waals surface area contributed by atoms with Crippen LogP contribution in [0.2, 0.25) is 0 Å². The van der Waals surface area contributed by atoms with Crippen molar-refractivity contribution in [3.63, 3.8) is 0 Å². The van der Waals surface area contributed by atoms with Crippen molar-refractivity contribution in [2.45, 2.75) is 18.9 Å². The highest BCUT2D eigenvalue weighted by atomic mass is 16.1. The van der Waals surface area contributed by atoms with Gasteiger partial charge in [0.15, 0.2) is 6.29 Å². The number of hydrogen-bond acceptors (Lipinski definition) is 3. The first-order valence-corrected chi connectivity index (χ1v) is 4.98. The van der Waals surface area contributed by atoms with E-state index in [1.165, 1.54) is 6.42 Å². The predicted octanol–water partition coefficient (Wildman–Crippen LogP) is 0.962. The quantitative estimate of drug-likeness (QED) is 0.657. The Balaban J connectivity index is 2.17. The molecule has 0 aliphatic carbocycles. The number of nitrogens with zero attached hydrogens (tertiary/aromatic N) is 3. The lowest BCUT2D eigenvalue weighted by molar-refractivity contribution is 0.110. The number of aromatic nitrogens is 2. The summed E-state index contributed by atoms with van der Waals surface area (Å²) >= 11 is 0. The molecule has 4 nitrogen and oxygen atoms in total. The first-order chi connectivity index (χ1) is 6.81. The number of carbonyl (C=O) groups excluding carboxylic acids is 1. The second kappa shape index (κ2) is 3.92. The van der Waals surface area contributed by atoms with Crippen LogP contribution in [-0.4, -0.2) is 41.1 Å². The molecule has 1 saturated heterocycles. The summed E-state index contributed by atoms with van der Waals surface area (Å²) in [5, 5.41) is 4.20. The molecular formula is C10H15N3O. The van der Waals surface area contributed by atoms with Gasteiger partial charge in [0.2, 0.25) is 0 Å². The largest absolute Gasteiger partial charge is 0.304 e. The molecule has 0 saturated carbocycles. The van der Waals surface area contributed by atoms with Crippen LogP contribution in [0.4, 0.5) is 0 Å². The van der Waals surface area contributed by atoms with Crippen LogP contribution in [0.5, 0.6) is 0 Å². The Bertz CT molecular complexity index is 321. The third-order valence-electron chi connectivity index (χ3n) is 2.77. The van der Waals surface area contributed by atoms with Crippen molar-refractivity contribution in [3.05, 3.63) is 18.0 Å². The number of rotatable bonds is 2. The van der Waals surface area contributed by atoms with E-state index in [4.69, 9.17) is 0 Å². The third kappa shape index (κ3) is 1.70. The molecule has 1 aliphatic rings. The molecule has 14 heavy (non-hydrogen) atoms. The molecule has 0 bridgehead atoms. The van der Waals surface area contributed by atoms with Gasteiger partial charge in [0, 0.05) is 12.7 Å². The molecule has 76 valence electrons. The van der Waals surface area contributed by atoms with E-state index in [-0.39, 0.29) is 0 Å². The van der Waals surface area contributed by atoms with Crippen LogP contribution in [0.15, 0.2) is 12.3 Å². The number of likely N-dealkylation sites (tertiary alicyclic amines) is 1. The predicted molar refractivity (Wildman–Crippen MR) is 53.4 cm³/mol. The molecule has 0 N–H and O–H groups in total. The first kappa shape index (κ1) is 9.40. The van der Waals surface area contributed by atoms with Gasteiger partial charge in [0.05, 0.1) is 6.04 Å². The highest BCUT2D eigenvalue weighted by molar-refractivity contribution is 5.71. The van der Waals surface area contributed by atoms with Crippen molar-refractivity contribution >= 4 is 6.29 Å². The van der Waals surface area contributed by atoms with Gasteiger partial charge in [-0.15, -0.1) is 0 Å². The topological polar surface area (TPSA) is 38.1 Å². The van der Waals surface area contributed by atoms with Crippen molar-refractivity contribution in [2.24, 2.45) is 0 Å². The van der Waals surface area contributed by atoms with Gasteiger partial charge < -0.3 is 4.90 Å². The summed E-state index contributed by atoms with van der Waals surface area (Å²) in [6.45, 7) is 2.14. The Kier molecular flexibility index (Phi) is 2.63. The summed E-state index contributed by atoms with van der Waals surface area (Å²) in [6, 6.07) is 2.13. The number of piperidine rings is 1. The SMILES string of the molecule is CN1CCCC(n2nccc2C=O)C1. The summed E-state index contributed by atoms with van der Waals surface area (Å²) < 4.78 is 1.85. The minimum Gasteiger partial charge on any atom is -0.304 e. The van der Waals surface area contributed by atoms with Gasteiger partial charge in [-0.3, -0.25) is 9.48 Å². The van der Waals surface area contributed by atoms with E-state index >= 15 is 0 Å². The molecule has 1 unspecified atom stereocenters. The average molecular weight is 193 g/mol. The molecule has 0 radical (unpaired) electrons. The fraction of sp³-hybridized carbons (Fsp3) is 0.600. The van der Waals surface area contributed by atoms with Crippen LogP contribution >= 0.6 is 0 Å². The van der Waals surface area contributed by atoms with Crippen LogP contribution < -0.4 is 0 Å². The summed E-state index contributed by atoms with van der Waals surface area (Å²) in [6.07, 6.45) is 4.87. The van der Waals surface area contributed by atoms with Crippen LogP contribution in [0.25, 0.3) is 0 Å². The maximum atomic E-state index is 10.7. The van der Waals surface area contributed by atoms with E-state index in [0.29, 0.717) is 11.7 Å². The second-order valence-corrected chi connectivity index (χ2v) is 3.88. The summed E-state index contributed by atoms with van der Waals surface area (Å²) in [5.74, 6) is 0. The fourth-order valence-electron chi connectivity index (χ4n) is 2.06. The van der Waals surface area contributed by atoms with Crippen LogP contribution in [0, 0.1) is 0 Å². The Morgan fingerprint density at radius 1 is 1.64 bits per heavy atom. The van der Waals surface area contributed by atoms with E-state index in [1.807, 2.05) is 4.68 Å². The van der Waals surface area contributed by atoms with Gasteiger partial charge >= 0.3 is 0 Å². The van der Waals surface area contributed by atoms with Crippen LogP contribution in [-0.2, 0) is 0 Å². The zero-order valence-corrected chi connectivity index (χ0v) is 8.39. The molecule has 2 heterocycles. The zero-order valence-electron chi connectivity index (χ0n) is 8.39. The third-order valence-corrected chi connectivity index (χ3v) is 2.77. The minimum absolute atomic E-state index is 0.365. The molecule has 1 aromatic heterocycles. The molecule has 1 aliphatic heterocycles. The lowest BCUT2D eigenvalue weighted by Gasteiger charge is -2.30. The van der Waals surface area contributed by atoms with Crippen molar-refractivity contribution < 1.29 is 4.79 Å². The molecule has 1 fully saturated rings. The van der Waals surface area contributed by atoms with Crippen molar-refractivity contribution in [1.29, 1.82) is 0 Å². The smallest absolute Gasteiger partial charge is 0.168 e. The van der Waals surface area contributed by atoms with Gasteiger partial charge in [-0.2, -0.15) is 5.10 Å². The summed E-state index contributed by atoms with van der Waals surface area (Å²) in [7, 11) is 2.11. The van der Waals surface area contributed by atoms with E-state index in [1.54, 1.807) is 12.3 Å². The molecular weight excluding hydrogens is 178 g/mol. The minimum atomic E-state index is 0.365. The van der Waals surface area contributed by atoms with Gasteiger partial charge in [-0.1, -0.05) is 0 Å². The Morgan fingerprint density at radius 3 is 3.21 bits per heavy atom. The van der Waals surface area contributed by atoms with Crippen molar-refractivity contribution in [1.82, 2.24) is 14.7 Å². The van der Waals surface area contributed by atoms with Crippen LogP contribution in [0.1, 0.15) is 29.4 Å². The van der Waals surface area contributed by atoms with Crippen LogP contribution in [0.3, 0.4) is 0 Å². The molecule has 2 rings (SSSR count).